The minimum atomic E-state index is -0.935. The average Bonchev–Trinajstić information content (AvgIpc) is 2.46. The van der Waals surface area contributed by atoms with Crippen molar-refractivity contribution in [2.75, 3.05) is 13.2 Å². The fraction of sp³-hybridized carbons (Fsp3) is 0.375. The SMILES string of the molecule is C=C(C)C(=O)O.CCOCCCC(=O)O.c1ccccc1. The molecule has 0 fully saturated rings. The van der Waals surface area contributed by atoms with E-state index in [-0.39, 0.29) is 12.0 Å². The third kappa shape index (κ3) is 23.4. The van der Waals surface area contributed by atoms with Gasteiger partial charge in [-0.1, -0.05) is 43.0 Å². The summed E-state index contributed by atoms with van der Waals surface area (Å²) in [5.41, 5.74) is 0.176. The first-order chi connectivity index (χ1) is 9.91. The predicted molar refractivity (Wildman–Crippen MR) is 82.3 cm³/mol. The van der Waals surface area contributed by atoms with E-state index in [0.29, 0.717) is 19.6 Å². The van der Waals surface area contributed by atoms with Crippen LogP contribution >= 0.6 is 0 Å². The Bertz CT molecular complexity index is 348. The summed E-state index contributed by atoms with van der Waals surface area (Å²) in [6.45, 7) is 7.72. The zero-order valence-corrected chi connectivity index (χ0v) is 12.6. The van der Waals surface area contributed by atoms with Crippen LogP contribution in [0.4, 0.5) is 0 Å². The van der Waals surface area contributed by atoms with Gasteiger partial charge in [0.05, 0.1) is 0 Å². The molecule has 0 radical (unpaired) electrons. The number of carboxylic acid groups (broad SMARTS) is 2. The Kier molecular flexibility index (Phi) is 16.0. The van der Waals surface area contributed by atoms with Crippen molar-refractivity contribution in [3.63, 3.8) is 0 Å². The van der Waals surface area contributed by atoms with E-state index in [4.69, 9.17) is 14.9 Å². The molecule has 0 aliphatic heterocycles. The lowest BCUT2D eigenvalue weighted by Gasteiger charge is -1.96. The molecule has 21 heavy (non-hydrogen) atoms. The fourth-order valence-corrected chi connectivity index (χ4v) is 0.855. The van der Waals surface area contributed by atoms with Gasteiger partial charge in [0.15, 0.2) is 0 Å². The monoisotopic (exact) mass is 296 g/mol. The Hall–Kier alpha value is -2.14. The van der Waals surface area contributed by atoms with E-state index in [0.717, 1.165) is 0 Å². The third-order valence-electron chi connectivity index (χ3n) is 1.92. The molecule has 0 unspecified atom stereocenters. The third-order valence-corrected chi connectivity index (χ3v) is 1.92. The lowest BCUT2D eigenvalue weighted by atomic mass is 10.3. The topological polar surface area (TPSA) is 83.8 Å². The first-order valence-corrected chi connectivity index (χ1v) is 6.60. The summed E-state index contributed by atoms with van der Waals surface area (Å²) in [6, 6.07) is 12.0. The molecule has 0 heterocycles. The van der Waals surface area contributed by atoms with Gasteiger partial charge in [-0.3, -0.25) is 4.79 Å². The summed E-state index contributed by atoms with van der Waals surface area (Å²) < 4.78 is 4.92. The van der Waals surface area contributed by atoms with E-state index >= 15 is 0 Å². The van der Waals surface area contributed by atoms with E-state index < -0.39 is 11.9 Å². The van der Waals surface area contributed by atoms with Crippen molar-refractivity contribution in [1.82, 2.24) is 0 Å². The first-order valence-electron chi connectivity index (χ1n) is 6.60. The molecule has 0 aromatic heterocycles. The van der Waals surface area contributed by atoms with Crippen LogP contribution < -0.4 is 0 Å². The quantitative estimate of drug-likeness (QED) is 0.622. The van der Waals surface area contributed by atoms with Crippen molar-refractivity contribution < 1.29 is 24.5 Å². The van der Waals surface area contributed by atoms with Crippen LogP contribution in [-0.4, -0.2) is 35.4 Å². The van der Waals surface area contributed by atoms with E-state index in [1.165, 1.54) is 6.92 Å². The Morgan fingerprint density at radius 1 is 1.05 bits per heavy atom. The molecule has 118 valence electrons. The molecule has 5 nitrogen and oxygen atoms in total. The summed E-state index contributed by atoms with van der Waals surface area (Å²) in [4.78, 5) is 19.5. The smallest absolute Gasteiger partial charge is 0.330 e. The molecule has 0 bridgehead atoms. The van der Waals surface area contributed by atoms with E-state index in [1.807, 2.05) is 43.3 Å². The molecule has 1 rings (SSSR count). The molecular formula is C16H24O5. The van der Waals surface area contributed by atoms with E-state index in [1.54, 1.807) is 0 Å². The van der Waals surface area contributed by atoms with Crippen molar-refractivity contribution in [3.8, 4) is 0 Å². The zero-order chi connectivity index (χ0) is 16.5. The van der Waals surface area contributed by atoms with Crippen LogP contribution in [0.15, 0.2) is 48.6 Å². The highest BCUT2D eigenvalue weighted by atomic mass is 16.5. The number of carboxylic acids is 2. The van der Waals surface area contributed by atoms with Gasteiger partial charge in [0.1, 0.15) is 0 Å². The van der Waals surface area contributed by atoms with Crippen LogP contribution in [0.5, 0.6) is 0 Å². The largest absolute Gasteiger partial charge is 0.481 e. The Balaban J connectivity index is 0. The number of hydrogen-bond acceptors (Lipinski definition) is 3. The highest BCUT2D eigenvalue weighted by Gasteiger charge is 1.94. The van der Waals surface area contributed by atoms with E-state index in [2.05, 4.69) is 6.58 Å². The molecule has 1 aromatic carbocycles. The maximum absolute atomic E-state index is 9.91. The van der Waals surface area contributed by atoms with Gasteiger partial charge in [-0.25, -0.2) is 4.79 Å². The molecule has 0 spiro atoms. The van der Waals surface area contributed by atoms with Crippen molar-refractivity contribution in [3.05, 3.63) is 48.6 Å². The normalized spacial score (nSPS) is 8.48. The van der Waals surface area contributed by atoms with Gasteiger partial charge < -0.3 is 14.9 Å². The number of aliphatic carboxylic acids is 2. The van der Waals surface area contributed by atoms with Gasteiger partial charge >= 0.3 is 11.9 Å². The molecule has 0 amide bonds. The van der Waals surface area contributed by atoms with E-state index in [9.17, 15) is 9.59 Å². The number of ether oxygens (including phenoxy) is 1. The van der Waals surface area contributed by atoms with Crippen molar-refractivity contribution in [2.45, 2.75) is 26.7 Å². The van der Waals surface area contributed by atoms with Gasteiger partial charge in [0.2, 0.25) is 0 Å². The second kappa shape index (κ2) is 15.9. The second-order valence-electron chi connectivity index (χ2n) is 3.93. The van der Waals surface area contributed by atoms with Crippen molar-refractivity contribution >= 4 is 11.9 Å². The molecule has 0 aliphatic rings. The van der Waals surface area contributed by atoms with Crippen molar-refractivity contribution in [1.29, 1.82) is 0 Å². The fourth-order valence-electron chi connectivity index (χ4n) is 0.855. The summed E-state index contributed by atoms with van der Waals surface area (Å²) in [5.74, 6) is -1.69. The number of benzene rings is 1. The Labute approximate surface area is 125 Å². The molecule has 0 saturated heterocycles. The number of carbonyl (C=O) groups is 2. The molecule has 1 aromatic rings. The minimum Gasteiger partial charge on any atom is -0.481 e. The highest BCUT2D eigenvalue weighted by molar-refractivity contribution is 5.84. The summed E-state index contributed by atoms with van der Waals surface area (Å²) in [6.07, 6.45) is 0.823. The Morgan fingerprint density at radius 3 is 1.67 bits per heavy atom. The van der Waals surface area contributed by atoms with Crippen LogP contribution in [0.1, 0.15) is 26.7 Å². The highest BCUT2D eigenvalue weighted by Crippen LogP contribution is 1.88. The van der Waals surface area contributed by atoms with Crippen LogP contribution in [0.25, 0.3) is 0 Å². The molecule has 0 aliphatic carbocycles. The van der Waals surface area contributed by atoms with Crippen LogP contribution in [-0.2, 0) is 14.3 Å². The van der Waals surface area contributed by atoms with Gasteiger partial charge in [0.25, 0.3) is 0 Å². The summed E-state index contributed by atoms with van der Waals surface area (Å²) in [7, 11) is 0. The summed E-state index contributed by atoms with van der Waals surface area (Å²) >= 11 is 0. The molecule has 5 heteroatoms. The first kappa shape index (κ1) is 21.2. The molecule has 2 N–H and O–H groups in total. The predicted octanol–water partition coefficient (Wildman–Crippen LogP) is 3.22. The zero-order valence-electron chi connectivity index (χ0n) is 12.6. The Morgan fingerprint density at radius 2 is 1.43 bits per heavy atom. The molecule has 0 saturated carbocycles. The van der Waals surface area contributed by atoms with Gasteiger partial charge in [-0.05, 0) is 20.3 Å². The number of hydrogen-bond donors (Lipinski definition) is 2. The molecule has 0 atom stereocenters. The van der Waals surface area contributed by atoms with Crippen LogP contribution in [0.3, 0.4) is 0 Å². The minimum absolute atomic E-state index is 0.176. The number of rotatable bonds is 6. The lowest BCUT2D eigenvalue weighted by molar-refractivity contribution is -0.137. The average molecular weight is 296 g/mol. The maximum atomic E-state index is 9.91. The summed E-state index contributed by atoms with van der Waals surface area (Å²) in [5, 5.41) is 16.0. The van der Waals surface area contributed by atoms with Crippen LogP contribution in [0, 0.1) is 0 Å². The van der Waals surface area contributed by atoms with Gasteiger partial charge in [-0.2, -0.15) is 0 Å². The maximum Gasteiger partial charge on any atom is 0.330 e. The van der Waals surface area contributed by atoms with Gasteiger partial charge in [-0.15, -0.1) is 0 Å². The standard InChI is InChI=1S/C6H12O3.C6H6.C4H6O2/c1-2-9-5-3-4-6(7)8;1-2-4-6-5-3-1;1-3(2)4(5)6/h2-5H2,1H3,(H,7,8);1-6H;1H2,2H3,(H,5,6). The lowest BCUT2D eigenvalue weighted by Crippen LogP contribution is -1.99. The van der Waals surface area contributed by atoms with Crippen LogP contribution in [0.2, 0.25) is 0 Å². The van der Waals surface area contributed by atoms with Gasteiger partial charge in [0, 0.05) is 25.2 Å². The second-order valence-corrected chi connectivity index (χ2v) is 3.93. The van der Waals surface area contributed by atoms with Crippen molar-refractivity contribution in [2.24, 2.45) is 0 Å². The molecular weight excluding hydrogens is 272 g/mol.